The van der Waals surface area contributed by atoms with Crippen molar-refractivity contribution < 1.29 is 220 Å². The smallest absolute Gasteiger partial charge is 0.253 e. The van der Waals surface area contributed by atoms with Gasteiger partial charge in [-0.2, -0.15) is 0 Å². The van der Waals surface area contributed by atoms with E-state index in [-0.39, 0.29) is 218 Å². The van der Waals surface area contributed by atoms with Gasteiger partial charge in [0.1, 0.15) is 12.2 Å². The summed E-state index contributed by atoms with van der Waals surface area (Å²) in [4.78, 5) is 61.6. The van der Waals surface area contributed by atoms with Gasteiger partial charge in [-0.3, -0.25) is 28.9 Å². The van der Waals surface area contributed by atoms with Crippen LogP contribution in [0.25, 0.3) is 5.73 Å². The van der Waals surface area contributed by atoms with E-state index in [9.17, 15) is 39.3 Å². The minimum absolute atomic E-state index is 0. The molecule has 5 amide bonds. The number of aliphatic hydroxyl groups excluding tert-OH is 3. The summed E-state index contributed by atoms with van der Waals surface area (Å²) in [5.41, 5.74) is 7.41. The third-order valence-electron chi connectivity index (χ3n) is 9.65. The molecule has 0 spiro atoms. The number of rotatable bonds is 23. The maximum absolute atomic E-state index is 12.5. The van der Waals surface area contributed by atoms with Gasteiger partial charge in [-0.1, -0.05) is 25.3 Å². The molecule has 5 atom stereocenters. The van der Waals surface area contributed by atoms with Crippen molar-refractivity contribution in [2.24, 2.45) is 11.8 Å². The molecule has 2 heterocycles. The van der Waals surface area contributed by atoms with Crippen LogP contribution in [0.1, 0.15) is 96.3 Å². The van der Waals surface area contributed by atoms with Crippen molar-refractivity contribution in [3.05, 3.63) is 17.9 Å². The van der Waals surface area contributed by atoms with E-state index in [1.165, 1.54) is 28.8 Å². The molecular formula is C35H58Ac4N5O9S-. The van der Waals surface area contributed by atoms with E-state index in [1.54, 1.807) is 0 Å². The molecule has 296 valence electrons. The standard InChI is InChI=1S/C35H58N5O9S.4Ac/c36-31-33(47)32(46)26(23-41)49-35(31)50-21-9-3-8-19-38-28(43)10-4-1-6-18-37-27(42)11-5-2-7-20-39-34(48)25-14-12-24(13-15-25)22-40-29(44)16-17-30(40)45;;;;/h16-17,24-26,31-33,35-36,41,46-47H,1-15,18-23H2,(H,37,42)(H,38,43)(H,39,48);;;;/q-1;;;;/t24?,25?,26?,31?,32-,33+,35+;;;;/m1..../s1. The Bertz CT molecular complexity index is 1120. The summed E-state index contributed by atoms with van der Waals surface area (Å²) < 4.78 is 5.54. The van der Waals surface area contributed by atoms with Crippen LogP contribution in [0, 0.1) is 188 Å². The van der Waals surface area contributed by atoms with Crippen molar-refractivity contribution >= 4 is 41.3 Å². The second-order valence-electron chi connectivity index (χ2n) is 13.6. The van der Waals surface area contributed by atoms with Gasteiger partial charge in [0.05, 0.1) is 18.1 Å². The summed E-state index contributed by atoms with van der Waals surface area (Å²) in [5.74, 6) is 0.531. The Labute approximate surface area is 468 Å². The van der Waals surface area contributed by atoms with Gasteiger partial charge in [0.2, 0.25) is 17.7 Å². The summed E-state index contributed by atoms with van der Waals surface area (Å²) in [6.07, 6.45) is 10.7. The summed E-state index contributed by atoms with van der Waals surface area (Å²) in [6.45, 7) is 1.79. The molecule has 2 fully saturated rings. The fraction of sp³-hybridized carbons (Fsp3) is 0.800. The van der Waals surface area contributed by atoms with Crippen molar-refractivity contribution in [2.75, 3.05) is 38.5 Å². The van der Waals surface area contributed by atoms with E-state index in [2.05, 4.69) is 16.0 Å². The number of thioether (sulfide) groups is 1. The van der Waals surface area contributed by atoms with Crippen molar-refractivity contribution in [1.29, 1.82) is 0 Å². The summed E-state index contributed by atoms with van der Waals surface area (Å²) in [6, 6.07) is -0.976. The molecule has 7 N–H and O–H groups in total. The van der Waals surface area contributed by atoms with Crippen LogP contribution in [0.3, 0.4) is 0 Å². The van der Waals surface area contributed by atoms with Crippen LogP contribution in [-0.4, -0.2) is 118 Å². The van der Waals surface area contributed by atoms with E-state index in [0.717, 1.165) is 83.5 Å². The zero-order valence-electron chi connectivity index (χ0n) is 31.5. The van der Waals surface area contributed by atoms with Gasteiger partial charge in [-0.15, -0.1) is 11.8 Å². The van der Waals surface area contributed by atoms with E-state index in [0.29, 0.717) is 44.8 Å². The summed E-state index contributed by atoms with van der Waals surface area (Å²) in [7, 11) is 0. The molecule has 0 aromatic carbocycles. The molecule has 1 aliphatic carbocycles. The molecular weight excluding hydrogens is 1570 g/mol. The molecule has 3 rings (SSSR count). The number of ether oxygens (including phenoxy) is 1. The predicted molar refractivity (Wildman–Crippen MR) is 189 cm³/mol. The molecule has 54 heavy (non-hydrogen) atoms. The molecule has 14 nitrogen and oxygen atoms in total. The Balaban J connectivity index is 0. The maximum atomic E-state index is 12.5. The molecule has 2 aliphatic heterocycles. The Morgan fingerprint density at radius 1 is 0.741 bits per heavy atom. The largest absolute Gasteiger partial charge is 0.670 e. The first-order valence-electron chi connectivity index (χ1n) is 18.4. The molecule has 2 unspecified atom stereocenters. The second-order valence-corrected chi connectivity index (χ2v) is 14.8. The van der Waals surface area contributed by atoms with Crippen LogP contribution in [-0.2, 0) is 28.7 Å². The minimum atomic E-state index is -1.26. The van der Waals surface area contributed by atoms with E-state index < -0.39 is 36.4 Å². The predicted octanol–water partition coefficient (Wildman–Crippen LogP) is 1.95. The van der Waals surface area contributed by atoms with E-state index >= 15 is 0 Å². The third kappa shape index (κ3) is 22.9. The van der Waals surface area contributed by atoms with Crippen LogP contribution < -0.4 is 16.0 Å². The zero-order valence-corrected chi connectivity index (χ0v) is 51.3. The van der Waals surface area contributed by atoms with Crippen LogP contribution in [0.15, 0.2) is 12.2 Å². The Kier molecular flexibility index (Phi) is 38.2. The summed E-state index contributed by atoms with van der Waals surface area (Å²) >= 11 is 1.40. The first-order chi connectivity index (χ1) is 24.1. The number of amides is 5. The fourth-order valence-corrected chi connectivity index (χ4v) is 7.66. The summed E-state index contributed by atoms with van der Waals surface area (Å²) in [5, 5.41) is 38.0. The average Bonchev–Trinajstić information content (AvgIpc) is 3.42. The Hall–Kier alpha value is 3.21. The van der Waals surface area contributed by atoms with E-state index in [4.69, 9.17) is 10.5 Å². The number of carbonyl (C=O) groups excluding carboxylic acids is 5. The second kappa shape index (κ2) is 34.8. The van der Waals surface area contributed by atoms with Crippen molar-refractivity contribution in [2.45, 2.75) is 126 Å². The number of imide groups is 1. The Morgan fingerprint density at radius 2 is 1.24 bits per heavy atom. The number of hydrogen-bond acceptors (Lipinski definition) is 10. The number of unbranched alkanes of at least 4 members (excludes halogenated alkanes) is 6. The topological polar surface area (TPSA) is 218 Å². The van der Waals surface area contributed by atoms with Gasteiger partial charge in [0, 0.05) is 233 Å². The number of hydrogen-bond donors (Lipinski definition) is 6. The normalized spacial score (nSPS) is 24.7. The van der Waals surface area contributed by atoms with Crippen LogP contribution in [0.4, 0.5) is 0 Å². The van der Waals surface area contributed by atoms with Crippen molar-refractivity contribution in [3.63, 3.8) is 0 Å². The minimum Gasteiger partial charge on any atom is -0.670 e. The molecule has 0 bridgehead atoms. The van der Waals surface area contributed by atoms with Gasteiger partial charge in [-0.25, -0.2) is 0 Å². The van der Waals surface area contributed by atoms with Gasteiger partial charge in [0.15, 0.2) is 0 Å². The van der Waals surface area contributed by atoms with Crippen LogP contribution in [0.5, 0.6) is 0 Å². The quantitative estimate of drug-likeness (QED) is 0.0646. The third-order valence-corrected chi connectivity index (χ3v) is 10.9. The Morgan fingerprint density at radius 3 is 1.76 bits per heavy atom. The number of nitrogens with one attached hydrogen (secondary N) is 4. The first-order valence-corrected chi connectivity index (χ1v) is 19.4. The maximum Gasteiger partial charge on any atom is 0.253 e. The van der Waals surface area contributed by atoms with Crippen molar-refractivity contribution in [3.8, 4) is 0 Å². The fourth-order valence-electron chi connectivity index (χ4n) is 6.47. The average molecular weight is 1630 g/mol. The van der Waals surface area contributed by atoms with Crippen molar-refractivity contribution in [1.82, 2.24) is 20.9 Å². The zero-order chi connectivity index (χ0) is 36.3. The molecule has 0 aromatic rings. The number of aliphatic hydroxyl groups is 3. The van der Waals surface area contributed by atoms with E-state index in [1.807, 2.05) is 0 Å². The number of carbonyl (C=O) groups is 5. The monoisotopic (exact) mass is 1630 g/mol. The molecule has 0 aromatic heterocycles. The van der Waals surface area contributed by atoms with Gasteiger partial charge >= 0.3 is 0 Å². The molecule has 1 saturated carbocycles. The van der Waals surface area contributed by atoms with Gasteiger partial charge in [0.25, 0.3) is 11.8 Å². The van der Waals surface area contributed by atoms with Gasteiger partial charge < -0.3 is 41.7 Å². The first kappa shape index (κ1) is 59.3. The number of nitrogens with zero attached hydrogens (tertiary/aromatic N) is 1. The molecule has 3 aliphatic rings. The van der Waals surface area contributed by atoms with Crippen LogP contribution in [0.2, 0.25) is 0 Å². The van der Waals surface area contributed by atoms with Gasteiger partial charge in [-0.05, 0) is 75.9 Å². The molecule has 1 saturated heterocycles. The molecule has 4 radical (unpaired) electrons. The SMILES string of the molecule is [Ac].[Ac].[Ac].[Ac].[NH-]C1[C@H](SCCCCCNC(=O)CCCCCNC(=O)CCCCCNC(=O)C2CCC(CN3C(=O)C=CC3=O)CC2)OC(CO)[C@@H](O)[C@H]1O. The van der Waals surface area contributed by atoms with Crippen LogP contribution >= 0.6 is 11.8 Å². The molecule has 19 heteroatoms.